The summed E-state index contributed by atoms with van der Waals surface area (Å²) in [6.07, 6.45) is 0. The van der Waals surface area contributed by atoms with Crippen molar-refractivity contribution in [3.8, 4) is 0 Å². The van der Waals surface area contributed by atoms with E-state index in [1.54, 1.807) is 11.3 Å². The predicted molar refractivity (Wildman–Crippen MR) is 66.9 cm³/mol. The van der Waals surface area contributed by atoms with Crippen LogP contribution < -0.4 is 5.32 Å². The Morgan fingerprint density at radius 3 is 2.86 bits per heavy atom. The summed E-state index contributed by atoms with van der Waals surface area (Å²) >= 11 is 5.27. The van der Waals surface area contributed by atoms with E-state index in [9.17, 15) is 0 Å². The monoisotopic (exact) mass is 276 g/mol. The van der Waals surface area contributed by atoms with E-state index in [-0.39, 0.29) is 0 Å². The summed E-state index contributed by atoms with van der Waals surface area (Å²) < 4.78 is 1.19. The lowest BCUT2D eigenvalue weighted by Crippen LogP contribution is -2.35. The topological polar surface area (TPSA) is 15.3 Å². The van der Waals surface area contributed by atoms with Crippen molar-refractivity contribution >= 4 is 27.3 Å². The van der Waals surface area contributed by atoms with E-state index in [2.05, 4.69) is 51.6 Å². The summed E-state index contributed by atoms with van der Waals surface area (Å²) in [7, 11) is 4.15. The maximum atomic E-state index is 3.47. The van der Waals surface area contributed by atoms with Crippen LogP contribution in [0.25, 0.3) is 0 Å². The van der Waals surface area contributed by atoms with Crippen molar-refractivity contribution in [1.82, 2.24) is 10.2 Å². The molecule has 1 unspecified atom stereocenters. The number of rotatable bonds is 5. The predicted octanol–water partition coefficient (Wildman–Crippen LogP) is 2.55. The van der Waals surface area contributed by atoms with Gasteiger partial charge in [0.1, 0.15) is 0 Å². The lowest BCUT2D eigenvalue weighted by molar-refractivity contribution is 0.248. The minimum Gasteiger partial charge on any atom is -0.318 e. The Bertz CT molecular complexity index is 275. The molecule has 0 saturated heterocycles. The SMILES string of the molecule is CNCC(C)N(C)Cc1cc(Br)cs1. The molecule has 4 heteroatoms. The molecule has 1 N–H and O–H groups in total. The van der Waals surface area contributed by atoms with Crippen LogP contribution in [-0.2, 0) is 6.54 Å². The van der Waals surface area contributed by atoms with E-state index < -0.39 is 0 Å². The number of halogens is 1. The van der Waals surface area contributed by atoms with Crippen LogP contribution >= 0.6 is 27.3 Å². The number of thiophene rings is 1. The molecule has 1 heterocycles. The Labute approximate surface area is 98.4 Å². The van der Waals surface area contributed by atoms with Crippen molar-refractivity contribution in [1.29, 1.82) is 0 Å². The molecule has 0 fully saturated rings. The minimum absolute atomic E-state index is 0.570. The molecule has 0 spiro atoms. The zero-order chi connectivity index (χ0) is 10.6. The Hall–Kier alpha value is 0.1000. The summed E-state index contributed by atoms with van der Waals surface area (Å²) in [5, 5.41) is 5.32. The third-order valence-corrected chi connectivity index (χ3v) is 3.96. The van der Waals surface area contributed by atoms with Crippen LogP contribution in [0.15, 0.2) is 15.9 Å². The van der Waals surface area contributed by atoms with Gasteiger partial charge in [-0.15, -0.1) is 11.3 Å². The normalized spacial score (nSPS) is 13.5. The van der Waals surface area contributed by atoms with Gasteiger partial charge in [0.05, 0.1) is 0 Å². The highest BCUT2D eigenvalue weighted by atomic mass is 79.9. The number of likely N-dealkylation sites (N-methyl/N-ethyl adjacent to an activating group) is 2. The van der Waals surface area contributed by atoms with Crippen LogP contribution in [-0.4, -0.2) is 31.6 Å². The van der Waals surface area contributed by atoms with E-state index in [0.29, 0.717) is 6.04 Å². The fraction of sp³-hybridized carbons (Fsp3) is 0.600. The molecule has 0 aliphatic heterocycles. The van der Waals surface area contributed by atoms with Gasteiger partial charge in [0.15, 0.2) is 0 Å². The lowest BCUT2D eigenvalue weighted by Gasteiger charge is -2.23. The van der Waals surface area contributed by atoms with Crippen LogP contribution in [0.4, 0.5) is 0 Å². The number of nitrogens with zero attached hydrogens (tertiary/aromatic N) is 1. The molecular weight excluding hydrogens is 260 g/mol. The second kappa shape index (κ2) is 5.85. The molecule has 0 radical (unpaired) electrons. The first-order valence-electron chi connectivity index (χ1n) is 4.71. The third-order valence-electron chi connectivity index (χ3n) is 2.28. The Morgan fingerprint density at radius 1 is 1.64 bits per heavy atom. The van der Waals surface area contributed by atoms with E-state index in [0.717, 1.165) is 13.1 Å². The highest BCUT2D eigenvalue weighted by Crippen LogP contribution is 2.21. The van der Waals surface area contributed by atoms with Crippen LogP contribution in [0.3, 0.4) is 0 Å². The molecule has 0 bridgehead atoms. The fourth-order valence-corrected chi connectivity index (χ4v) is 2.80. The highest BCUT2D eigenvalue weighted by Gasteiger charge is 2.09. The van der Waals surface area contributed by atoms with E-state index >= 15 is 0 Å². The van der Waals surface area contributed by atoms with Gasteiger partial charge >= 0.3 is 0 Å². The van der Waals surface area contributed by atoms with Gasteiger partial charge in [-0.2, -0.15) is 0 Å². The fourth-order valence-electron chi connectivity index (χ4n) is 1.29. The molecule has 0 aliphatic rings. The second-order valence-corrected chi connectivity index (χ2v) is 5.46. The first kappa shape index (κ1) is 12.2. The molecule has 0 aromatic carbocycles. The maximum Gasteiger partial charge on any atom is 0.0328 e. The molecule has 1 aromatic heterocycles. The molecule has 80 valence electrons. The van der Waals surface area contributed by atoms with Crippen molar-refractivity contribution in [2.45, 2.75) is 19.5 Å². The van der Waals surface area contributed by atoms with Gasteiger partial charge in [-0.3, -0.25) is 4.90 Å². The molecule has 0 aliphatic carbocycles. The average Bonchev–Trinajstić information content (AvgIpc) is 2.51. The van der Waals surface area contributed by atoms with E-state index in [1.165, 1.54) is 9.35 Å². The zero-order valence-electron chi connectivity index (χ0n) is 8.88. The Balaban J connectivity index is 2.43. The summed E-state index contributed by atoms with van der Waals surface area (Å²) in [6.45, 7) is 4.29. The molecule has 0 saturated carbocycles. The van der Waals surface area contributed by atoms with E-state index in [1.807, 2.05) is 7.05 Å². The summed E-state index contributed by atoms with van der Waals surface area (Å²) in [4.78, 5) is 3.76. The Kier molecular flexibility index (Phi) is 5.09. The maximum absolute atomic E-state index is 3.47. The Morgan fingerprint density at radius 2 is 2.36 bits per heavy atom. The molecule has 0 amide bonds. The van der Waals surface area contributed by atoms with Crippen LogP contribution in [0, 0.1) is 0 Å². The standard InChI is InChI=1S/C10H17BrN2S/c1-8(5-12-2)13(3)6-10-4-9(11)7-14-10/h4,7-8,12H,5-6H2,1-3H3. The number of hydrogen-bond acceptors (Lipinski definition) is 3. The first-order chi connectivity index (χ1) is 6.63. The van der Waals surface area contributed by atoms with Crippen molar-refractivity contribution in [2.75, 3.05) is 20.6 Å². The smallest absolute Gasteiger partial charge is 0.0328 e. The van der Waals surface area contributed by atoms with Crippen LogP contribution in [0.2, 0.25) is 0 Å². The summed E-state index contributed by atoms with van der Waals surface area (Å²) in [6, 6.07) is 2.76. The molecule has 1 rings (SSSR count). The molecular formula is C10H17BrN2S. The summed E-state index contributed by atoms with van der Waals surface area (Å²) in [5.74, 6) is 0. The highest BCUT2D eigenvalue weighted by molar-refractivity contribution is 9.10. The van der Waals surface area contributed by atoms with Gasteiger partial charge in [-0.25, -0.2) is 0 Å². The average molecular weight is 277 g/mol. The number of nitrogens with one attached hydrogen (secondary N) is 1. The number of hydrogen-bond donors (Lipinski definition) is 1. The third kappa shape index (κ3) is 3.69. The van der Waals surface area contributed by atoms with Gasteiger partial charge in [-0.1, -0.05) is 0 Å². The van der Waals surface area contributed by atoms with Crippen molar-refractivity contribution in [2.24, 2.45) is 0 Å². The van der Waals surface area contributed by atoms with Gasteiger partial charge < -0.3 is 5.32 Å². The quantitative estimate of drug-likeness (QED) is 0.889. The van der Waals surface area contributed by atoms with Crippen molar-refractivity contribution in [3.63, 3.8) is 0 Å². The van der Waals surface area contributed by atoms with Gasteiger partial charge in [0.25, 0.3) is 0 Å². The largest absolute Gasteiger partial charge is 0.318 e. The lowest BCUT2D eigenvalue weighted by atomic mass is 10.3. The van der Waals surface area contributed by atoms with Gasteiger partial charge in [0, 0.05) is 33.9 Å². The molecule has 1 atom stereocenters. The second-order valence-electron chi connectivity index (χ2n) is 3.55. The van der Waals surface area contributed by atoms with Crippen molar-refractivity contribution in [3.05, 3.63) is 20.8 Å². The van der Waals surface area contributed by atoms with E-state index in [4.69, 9.17) is 0 Å². The first-order valence-corrected chi connectivity index (χ1v) is 6.38. The van der Waals surface area contributed by atoms with Crippen LogP contribution in [0.5, 0.6) is 0 Å². The molecule has 1 aromatic rings. The molecule has 2 nitrogen and oxygen atoms in total. The zero-order valence-corrected chi connectivity index (χ0v) is 11.3. The minimum atomic E-state index is 0.570. The summed E-state index contributed by atoms with van der Waals surface area (Å²) in [5.41, 5.74) is 0. The molecule has 14 heavy (non-hydrogen) atoms. The van der Waals surface area contributed by atoms with Gasteiger partial charge in [0.2, 0.25) is 0 Å². The van der Waals surface area contributed by atoms with Gasteiger partial charge in [-0.05, 0) is 43.0 Å². The van der Waals surface area contributed by atoms with Crippen LogP contribution in [0.1, 0.15) is 11.8 Å². The van der Waals surface area contributed by atoms with Crippen molar-refractivity contribution < 1.29 is 0 Å².